The monoisotopic (exact) mass is 270 g/mol. The molecule has 0 saturated heterocycles. The number of hydrogen-bond donors (Lipinski definition) is 3. The largest absolute Gasteiger partial charge is 0.397 e. The van der Waals surface area contributed by atoms with Crippen LogP contribution in [0.15, 0.2) is 42.5 Å². The molecule has 0 unspecified atom stereocenters. The van der Waals surface area contributed by atoms with Gasteiger partial charge in [0.05, 0.1) is 22.7 Å². The van der Waals surface area contributed by atoms with Crippen molar-refractivity contribution in [1.29, 1.82) is 0 Å². The van der Waals surface area contributed by atoms with E-state index < -0.39 is 5.91 Å². The van der Waals surface area contributed by atoms with Crippen molar-refractivity contribution in [3.8, 4) is 0 Å². The molecule has 0 atom stereocenters. The summed E-state index contributed by atoms with van der Waals surface area (Å²) in [6.07, 6.45) is 0. The molecule has 0 bridgehead atoms. The lowest BCUT2D eigenvalue weighted by Crippen LogP contribution is -2.13. The molecular weight excluding hydrogens is 252 g/mol. The molecule has 0 aliphatic rings. The van der Waals surface area contributed by atoms with E-state index in [-0.39, 0.29) is 0 Å². The fourth-order valence-corrected chi connectivity index (χ4v) is 1.93. The Labute approximate surface area is 118 Å². The van der Waals surface area contributed by atoms with Crippen molar-refractivity contribution in [1.82, 2.24) is 0 Å². The molecule has 0 aliphatic carbocycles. The second-order valence-corrected chi connectivity index (χ2v) is 4.70. The summed E-state index contributed by atoms with van der Waals surface area (Å²) in [6.45, 7) is 0. The zero-order chi connectivity index (χ0) is 14.7. The Morgan fingerprint density at radius 2 is 1.80 bits per heavy atom. The van der Waals surface area contributed by atoms with Crippen molar-refractivity contribution in [3.05, 3.63) is 48.0 Å². The van der Waals surface area contributed by atoms with Crippen molar-refractivity contribution < 1.29 is 4.79 Å². The minimum Gasteiger partial charge on any atom is -0.397 e. The third-order valence-corrected chi connectivity index (χ3v) is 2.99. The standard InChI is InChI=1S/C15H18N4O/c1-19(2)14-6-4-3-5-12(14)18-13-9-10(15(17)20)7-8-11(13)16/h3-9,18H,16H2,1-2H3,(H2,17,20). The molecule has 0 aromatic heterocycles. The number of primary amides is 1. The molecule has 20 heavy (non-hydrogen) atoms. The average Bonchev–Trinajstić information content (AvgIpc) is 2.41. The maximum atomic E-state index is 11.2. The summed E-state index contributed by atoms with van der Waals surface area (Å²) in [5.41, 5.74) is 14.8. The normalized spacial score (nSPS) is 10.1. The number of carbonyl (C=O) groups excluding carboxylic acids is 1. The van der Waals surface area contributed by atoms with E-state index in [1.165, 1.54) is 0 Å². The summed E-state index contributed by atoms with van der Waals surface area (Å²) in [5.74, 6) is -0.478. The van der Waals surface area contributed by atoms with E-state index >= 15 is 0 Å². The van der Waals surface area contributed by atoms with Crippen molar-refractivity contribution >= 4 is 28.7 Å². The second kappa shape index (κ2) is 5.52. The van der Waals surface area contributed by atoms with Gasteiger partial charge < -0.3 is 21.7 Å². The third-order valence-electron chi connectivity index (χ3n) is 2.99. The molecule has 104 valence electrons. The molecule has 0 aliphatic heterocycles. The Balaban J connectivity index is 2.40. The highest BCUT2D eigenvalue weighted by atomic mass is 16.1. The molecule has 0 saturated carbocycles. The first-order chi connectivity index (χ1) is 9.49. The predicted octanol–water partition coefficient (Wildman–Crippen LogP) is 2.18. The van der Waals surface area contributed by atoms with Crippen molar-refractivity contribution in [3.63, 3.8) is 0 Å². The molecule has 2 rings (SSSR count). The predicted molar refractivity (Wildman–Crippen MR) is 83.4 cm³/mol. The molecule has 5 heteroatoms. The minimum atomic E-state index is -0.478. The maximum absolute atomic E-state index is 11.2. The lowest BCUT2D eigenvalue weighted by Gasteiger charge is -2.19. The number of nitrogen functional groups attached to an aromatic ring is 1. The number of para-hydroxylation sites is 2. The van der Waals surface area contributed by atoms with E-state index in [1.807, 2.05) is 43.3 Å². The topological polar surface area (TPSA) is 84.4 Å². The second-order valence-electron chi connectivity index (χ2n) is 4.70. The van der Waals surface area contributed by atoms with E-state index in [0.29, 0.717) is 16.9 Å². The molecule has 2 aromatic rings. The van der Waals surface area contributed by atoms with Gasteiger partial charge in [0.2, 0.25) is 5.91 Å². The number of anilines is 4. The third kappa shape index (κ3) is 2.83. The van der Waals surface area contributed by atoms with Gasteiger partial charge in [0.25, 0.3) is 0 Å². The van der Waals surface area contributed by atoms with Gasteiger partial charge in [-0.05, 0) is 30.3 Å². The molecule has 0 fully saturated rings. The fourth-order valence-electron chi connectivity index (χ4n) is 1.93. The van der Waals surface area contributed by atoms with Crippen molar-refractivity contribution in [2.24, 2.45) is 5.73 Å². The molecule has 0 spiro atoms. The number of carbonyl (C=O) groups is 1. The first-order valence-electron chi connectivity index (χ1n) is 6.21. The number of amides is 1. The van der Waals surface area contributed by atoms with Gasteiger partial charge in [-0.3, -0.25) is 4.79 Å². The van der Waals surface area contributed by atoms with E-state index in [9.17, 15) is 4.79 Å². The van der Waals surface area contributed by atoms with E-state index in [0.717, 1.165) is 11.4 Å². The van der Waals surface area contributed by atoms with Crippen LogP contribution >= 0.6 is 0 Å². The van der Waals surface area contributed by atoms with Crippen molar-refractivity contribution in [2.75, 3.05) is 30.0 Å². The Kier molecular flexibility index (Phi) is 3.79. The summed E-state index contributed by atoms with van der Waals surface area (Å²) in [5, 5.41) is 3.24. The van der Waals surface area contributed by atoms with Gasteiger partial charge >= 0.3 is 0 Å². The summed E-state index contributed by atoms with van der Waals surface area (Å²) >= 11 is 0. The molecule has 0 radical (unpaired) electrons. The van der Waals surface area contributed by atoms with Crippen LogP contribution < -0.4 is 21.7 Å². The highest BCUT2D eigenvalue weighted by molar-refractivity contribution is 5.95. The molecule has 2 aromatic carbocycles. The SMILES string of the molecule is CN(C)c1ccccc1Nc1cc(C(N)=O)ccc1N. The lowest BCUT2D eigenvalue weighted by molar-refractivity contribution is 0.100. The van der Waals surface area contributed by atoms with Gasteiger partial charge in [-0.2, -0.15) is 0 Å². The Morgan fingerprint density at radius 1 is 1.10 bits per heavy atom. The lowest BCUT2D eigenvalue weighted by atomic mass is 10.1. The van der Waals surface area contributed by atoms with Gasteiger partial charge in [-0.1, -0.05) is 12.1 Å². The molecule has 5 nitrogen and oxygen atoms in total. The zero-order valence-electron chi connectivity index (χ0n) is 11.6. The van der Waals surface area contributed by atoms with Gasteiger partial charge in [0, 0.05) is 19.7 Å². The zero-order valence-corrected chi connectivity index (χ0v) is 11.6. The molecular formula is C15H18N4O. The number of rotatable bonds is 4. The molecule has 0 heterocycles. The minimum absolute atomic E-state index is 0.420. The summed E-state index contributed by atoms with van der Waals surface area (Å²) in [7, 11) is 3.92. The first-order valence-corrected chi connectivity index (χ1v) is 6.21. The smallest absolute Gasteiger partial charge is 0.248 e. The van der Waals surface area contributed by atoms with Gasteiger partial charge in [0.1, 0.15) is 0 Å². The van der Waals surface area contributed by atoms with E-state index in [4.69, 9.17) is 11.5 Å². The summed E-state index contributed by atoms with van der Waals surface area (Å²) in [4.78, 5) is 13.2. The van der Waals surface area contributed by atoms with Crippen LogP contribution in [-0.2, 0) is 0 Å². The quantitative estimate of drug-likeness (QED) is 0.743. The van der Waals surface area contributed by atoms with Gasteiger partial charge in [-0.15, -0.1) is 0 Å². The molecule has 1 amide bonds. The number of nitrogens with zero attached hydrogens (tertiary/aromatic N) is 1. The fraction of sp³-hybridized carbons (Fsp3) is 0.133. The average molecular weight is 270 g/mol. The number of hydrogen-bond acceptors (Lipinski definition) is 4. The first kappa shape index (κ1) is 13.7. The van der Waals surface area contributed by atoms with Crippen LogP contribution in [0.3, 0.4) is 0 Å². The van der Waals surface area contributed by atoms with Crippen LogP contribution in [-0.4, -0.2) is 20.0 Å². The van der Waals surface area contributed by atoms with Gasteiger partial charge in [-0.25, -0.2) is 0 Å². The van der Waals surface area contributed by atoms with Crippen LogP contribution in [0, 0.1) is 0 Å². The Morgan fingerprint density at radius 3 is 2.45 bits per heavy atom. The maximum Gasteiger partial charge on any atom is 0.248 e. The summed E-state index contributed by atoms with van der Waals surface area (Å²) in [6, 6.07) is 12.8. The van der Waals surface area contributed by atoms with Gasteiger partial charge in [0.15, 0.2) is 0 Å². The van der Waals surface area contributed by atoms with Crippen LogP contribution in [0.1, 0.15) is 10.4 Å². The highest BCUT2D eigenvalue weighted by Gasteiger charge is 2.08. The van der Waals surface area contributed by atoms with Crippen molar-refractivity contribution in [2.45, 2.75) is 0 Å². The highest BCUT2D eigenvalue weighted by Crippen LogP contribution is 2.30. The Hall–Kier alpha value is -2.69. The van der Waals surface area contributed by atoms with Crippen LogP contribution in [0.2, 0.25) is 0 Å². The summed E-state index contributed by atoms with van der Waals surface area (Å²) < 4.78 is 0. The van der Waals surface area contributed by atoms with Crippen LogP contribution in [0.4, 0.5) is 22.7 Å². The van der Waals surface area contributed by atoms with Crippen LogP contribution in [0.25, 0.3) is 0 Å². The van der Waals surface area contributed by atoms with Crippen LogP contribution in [0.5, 0.6) is 0 Å². The van der Waals surface area contributed by atoms with E-state index in [2.05, 4.69) is 5.32 Å². The Bertz CT molecular complexity index is 638. The number of benzene rings is 2. The molecule has 5 N–H and O–H groups in total. The number of nitrogens with two attached hydrogens (primary N) is 2. The number of nitrogens with one attached hydrogen (secondary N) is 1. The van der Waals surface area contributed by atoms with E-state index in [1.54, 1.807) is 18.2 Å².